The molecule has 0 amide bonds. The Balaban J connectivity index is 2.06. The number of aliphatic imine (C=N–C) groups is 1. The summed E-state index contributed by atoms with van der Waals surface area (Å²) >= 11 is 6.19. The molecule has 0 radical (unpaired) electrons. The first-order chi connectivity index (χ1) is 14.0. The standard InChI is InChI=1S/C20H27ClN4O3S/c1-3-22-20(24-15-17-8-4-5-10-19(17)21)23-14-16-7-6-9-18(13-16)29(26,27)25-11-12-28-2/h4-10,13,25H,3,11-12,14-15H2,1-2H3,(H2,22,23,24). The van der Waals surface area contributed by atoms with E-state index < -0.39 is 10.0 Å². The van der Waals surface area contributed by atoms with Gasteiger partial charge in [-0.25, -0.2) is 18.1 Å². The molecule has 2 aromatic rings. The number of rotatable bonds is 10. The Morgan fingerprint density at radius 2 is 1.93 bits per heavy atom. The van der Waals surface area contributed by atoms with Crippen molar-refractivity contribution in [2.45, 2.75) is 24.9 Å². The monoisotopic (exact) mass is 438 g/mol. The van der Waals surface area contributed by atoms with Crippen LogP contribution in [0.4, 0.5) is 0 Å². The van der Waals surface area contributed by atoms with Crippen molar-refractivity contribution in [3.05, 3.63) is 64.7 Å². The summed E-state index contributed by atoms with van der Waals surface area (Å²) in [5, 5.41) is 7.10. The number of guanidine groups is 1. The van der Waals surface area contributed by atoms with E-state index in [2.05, 4.69) is 20.3 Å². The maximum atomic E-state index is 12.4. The molecule has 29 heavy (non-hydrogen) atoms. The molecule has 2 rings (SSSR count). The predicted octanol–water partition coefficient (Wildman–Crippen LogP) is 2.52. The number of ether oxygens (including phenoxy) is 1. The van der Waals surface area contributed by atoms with E-state index in [1.54, 1.807) is 18.2 Å². The lowest BCUT2D eigenvalue weighted by atomic mass is 10.2. The Morgan fingerprint density at radius 1 is 1.14 bits per heavy atom. The molecule has 0 aliphatic carbocycles. The van der Waals surface area contributed by atoms with E-state index in [0.29, 0.717) is 37.2 Å². The minimum absolute atomic E-state index is 0.204. The van der Waals surface area contributed by atoms with Crippen LogP contribution in [0, 0.1) is 0 Å². The second kappa shape index (κ2) is 11.8. The highest BCUT2D eigenvalue weighted by molar-refractivity contribution is 7.89. The lowest BCUT2D eigenvalue weighted by Crippen LogP contribution is -2.36. The Labute approximate surface area is 177 Å². The number of benzene rings is 2. The molecule has 0 aliphatic rings. The molecule has 0 saturated heterocycles. The van der Waals surface area contributed by atoms with E-state index >= 15 is 0 Å². The summed E-state index contributed by atoms with van der Waals surface area (Å²) in [6.07, 6.45) is 0. The van der Waals surface area contributed by atoms with Crippen molar-refractivity contribution in [1.82, 2.24) is 15.4 Å². The molecule has 7 nitrogen and oxygen atoms in total. The normalized spacial score (nSPS) is 12.0. The van der Waals surface area contributed by atoms with E-state index in [4.69, 9.17) is 16.3 Å². The molecular weight excluding hydrogens is 412 g/mol. The zero-order valence-electron chi connectivity index (χ0n) is 16.6. The van der Waals surface area contributed by atoms with Gasteiger partial charge in [-0.05, 0) is 36.2 Å². The molecule has 0 atom stereocenters. The van der Waals surface area contributed by atoms with Crippen molar-refractivity contribution < 1.29 is 13.2 Å². The van der Waals surface area contributed by atoms with Gasteiger partial charge in [0.2, 0.25) is 10.0 Å². The fraction of sp³-hybridized carbons (Fsp3) is 0.350. The lowest BCUT2D eigenvalue weighted by Gasteiger charge is -2.12. The minimum Gasteiger partial charge on any atom is -0.383 e. The summed E-state index contributed by atoms with van der Waals surface area (Å²) in [4.78, 5) is 4.75. The second-order valence-electron chi connectivity index (χ2n) is 6.18. The van der Waals surface area contributed by atoms with Crippen molar-refractivity contribution in [3.8, 4) is 0 Å². The highest BCUT2D eigenvalue weighted by atomic mass is 35.5. The molecule has 0 aromatic heterocycles. The average molecular weight is 439 g/mol. The summed E-state index contributed by atoms with van der Waals surface area (Å²) in [6.45, 7) is 4.07. The van der Waals surface area contributed by atoms with Crippen molar-refractivity contribution in [1.29, 1.82) is 0 Å². The van der Waals surface area contributed by atoms with Crippen molar-refractivity contribution in [2.75, 3.05) is 26.8 Å². The number of methoxy groups -OCH3 is 1. The summed E-state index contributed by atoms with van der Waals surface area (Å²) in [7, 11) is -2.06. The summed E-state index contributed by atoms with van der Waals surface area (Å²) in [5.74, 6) is 0.624. The van der Waals surface area contributed by atoms with Crippen LogP contribution in [0.3, 0.4) is 0 Å². The van der Waals surface area contributed by atoms with Crippen molar-refractivity contribution in [2.24, 2.45) is 4.99 Å². The van der Waals surface area contributed by atoms with Crippen LogP contribution in [-0.4, -0.2) is 41.2 Å². The first-order valence-corrected chi connectivity index (χ1v) is 11.2. The van der Waals surface area contributed by atoms with Gasteiger partial charge in [0.25, 0.3) is 0 Å². The molecular formula is C20H27ClN4O3S. The Kier molecular flexibility index (Phi) is 9.40. The average Bonchev–Trinajstić information content (AvgIpc) is 2.71. The van der Waals surface area contributed by atoms with Crippen molar-refractivity contribution >= 4 is 27.6 Å². The van der Waals surface area contributed by atoms with Gasteiger partial charge < -0.3 is 15.4 Å². The molecule has 0 unspecified atom stereocenters. The molecule has 0 heterocycles. The number of hydrogen-bond acceptors (Lipinski definition) is 4. The van der Waals surface area contributed by atoms with Gasteiger partial charge in [0.05, 0.1) is 18.0 Å². The third kappa shape index (κ3) is 7.66. The Hall–Kier alpha value is -2.13. The molecule has 0 bridgehead atoms. The molecule has 0 spiro atoms. The Morgan fingerprint density at radius 3 is 2.66 bits per heavy atom. The van der Waals surface area contributed by atoms with Gasteiger partial charge in [0, 0.05) is 31.8 Å². The fourth-order valence-corrected chi connectivity index (χ4v) is 3.79. The van der Waals surface area contributed by atoms with Gasteiger partial charge in [-0.3, -0.25) is 0 Å². The summed E-state index contributed by atoms with van der Waals surface area (Å²) < 4.78 is 32.1. The van der Waals surface area contributed by atoms with Gasteiger partial charge in [0.15, 0.2) is 5.96 Å². The number of hydrogen-bond donors (Lipinski definition) is 3. The summed E-state index contributed by atoms with van der Waals surface area (Å²) in [6, 6.07) is 14.3. The van der Waals surface area contributed by atoms with Crippen LogP contribution in [-0.2, 0) is 27.8 Å². The van der Waals surface area contributed by atoms with E-state index in [1.165, 1.54) is 7.11 Å². The molecule has 0 fully saturated rings. The third-order valence-corrected chi connectivity index (χ3v) is 5.80. The second-order valence-corrected chi connectivity index (χ2v) is 8.35. The number of sulfonamides is 1. The SMILES string of the molecule is CCNC(=NCc1cccc(S(=O)(=O)NCCOC)c1)NCc1ccccc1Cl. The van der Waals surface area contributed by atoms with Crippen LogP contribution in [0.5, 0.6) is 0 Å². The first-order valence-electron chi connectivity index (χ1n) is 9.29. The van der Waals surface area contributed by atoms with Gasteiger partial charge >= 0.3 is 0 Å². The molecule has 0 saturated carbocycles. The van der Waals surface area contributed by atoms with Crippen LogP contribution >= 0.6 is 11.6 Å². The van der Waals surface area contributed by atoms with Crippen molar-refractivity contribution in [3.63, 3.8) is 0 Å². The van der Waals surface area contributed by atoms with Gasteiger partial charge in [-0.15, -0.1) is 0 Å². The van der Waals surface area contributed by atoms with Gasteiger partial charge in [-0.2, -0.15) is 0 Å². The number of nitrogens with zero attached hydrogens (tertiary/aromatic N) is 1. The predicted molar refractivity (Wildman–Crippen MR) is 117 cm³/mol. The molecule has 2 aromatic carbocycles. The number of halogens is 1. The molecule has 158 valence electrons. The fourth-order valence-electron chi connectivity index (χ4n) is 2.51. The number of nitrogens with one attached hydrogen (secondary N) is 3. The summed E-state index contributed by atoms with van der Waals surface area (Å²) in [5.41, 5.74) is 1.75. The highest BCUT2D eigenvalue weighted by Crippen LogP contribution is 2.14. The molecule has 0 aliphatic heterocycles. The van der Waals surface area contributed by atoms with Crippen LogP contribution in [0.2, 0.25) is 5.02 Å². The molecule has 3 N–H and O–H groups in total. The van der Waals surface area contributed by atoms with E-state index in [9.17, 15) is 8.42 Å². The first kappa shape index (κ1) is 23.2. The Bertz CT molecular complexity index is 919. The van der Waals surface area contributed by atoms with E-state index in [0.717, 1.165) is 11.1 Å². The zero-order valence-corrected chi connectivity index (χ0v) is 18.2. The van der Waals surface area contributed by atoms with Gasteiger partial charge in [0.1, 0.15) is 0 Å². The van der Waals surface area contributed by atoms with Crippen LogP contribution in [0.25, 0.3) is 0 Å². The highest BCUT2D eigenvalue weighted by Gasteiger charge is 2.13. The molecule has 9 heteroatoms. The van der Waals surface area contributed by atoms with Crippen LogP contribution < -0.4 is 15.4 Å². The minimum atomic E-state index is -3.58. The van der Waals surface area contributed by atoms with E-state index in [1.807, 2.05) is 37.3 Å². The zero-order chi connectivity index (χ0) is 21.1. The quantitative estimate of drug-likeness (QED) is 0.301. The smallest absolute Gasteiger partial charge is 0.240 e. The van der Waals surface area contributed by atoms with E-state index in [-0.39, 0.29) is 11.4 Å². The third-order valence-electron chi connectivity index (χ3n) is 3.98. The maximum Gasteiger partial charge on any atom is 0.240 e. The lowest BCUT2D eigenvalue weighted by molar-refractivity contribution is 0.204. The van der Waals surface area contributed by atoms with Crippen LogP contribution in [0.1, 0.15) is 18.1 Å². The maximum absolute atomic E-state index is 12.4. The van der Waals surface area contributed by atoms with Gasteiger partial charge in [-0.1, -0.05) is 41.9 Å². The van der Waals surface area contributed by atoms with Crippen LogP contribution in [0.15, 0.2) is 58.4 Å². The topological polar surface area (TPSA) is 91.8 Å². The largest absolute Gasteiger partial charge is 0.383 e.